The van der Waals surface area contributed by atoms with Crippen LogP contribution >= 0.6 is 0 Å². The lowest BCUT2D eigenvalue weighted by Gasteiger charge is -2.36. The van der Waals surface area contributed by atoms with Crippen molar-refractivity contribution in [1.29, 1.82) is 0 Å². The molecule has 0 aliphatic carbocycles. The summed E-state index contributed by atoms with van der Waals surface area (Å²) < 4.78 is 39.7. The van der Waals surface area contributed by atoms with Gasteiger partial charge in [0.1, 0.15) is 0 Å². The highest BCUT2D eigenvalue weighted by molar-refractivity contribution is 5.81. The quantitative estimate of drug-likeness (QED) is 0.863. The average molecular weight is 349 g/mol. The molecule has 0 radical (unpaired) electrons. The Morgan fingerprint density at radius 3 is 2.28 bits per heavy atom. The zero-order chi connectivity index (χ0) is 17.8. The third-order valence-corrected chi connectivity index (χ3v) is 4.22. The molecule has 0 aromatic heterocycles. The summed E-state index contributed by atoms with van der Waals surface area (Å²) >= 11 is 0. The van der Waals surface area contributed by atoms with Crippen LogP contribution in [-0.2, 0) is 4.79 Å². The molecule has 1 fully saturated rings. The van der Waals surface area contributed by atoms with Gasteiger partial charge in [-0.1, -0.05) is 18.2 Å². The fourth-order valence-electron chi connectivity index (χ4n) is 2.80. The molecular weight excluding hydrogens is 331 g/mol. The van der Waals surface area contributed by atoms with Crippen molar-refractivity contribution in [2.24, 2.45) is 0 Å². The number of carbonyl (C=O) groups excluding carboxylic acids is 1. The summed E-state index contributed by atoms with van der Waals surface area (Å²) in [6.07, 6.45) is 0. The fourth-order valence-corrected chi connectivity index (χ4v) is 2.80. The second-order valence-electron chi connectivity index (χ2n) is 5.78. The van der Waals surface area contributed by atoms with Crippen LogP contribution in [0.2, 0.25) is 0 Å². The third-order valence-electron chi connectivity index (χ3n) is 4.22. The predicted molar refractivity (Wildman–Crippen MR) is 90.0 cm³/mol. The Kier molecular flexibility index (Phi) is 5.11. The minimum Gasteiger partial charge on any atom is -0.374 e. The zero-order valence-corrected chi connectivity index (χ0v) is 13.5. The molecule has 3 rings (SSSR count). The Morgan fingerprint density at radius 2 is 1.60 bits per heavy atom. The molecule has 0 atom stereocenters. The van der Waals surface area contributed by atoms with Gasteiger partial charge in [-0.15, -0.1) is 0 Å². The van der Waals surface area contributed by atoms with Crippen LogP contribution in [0.3, 0.4) is 0 Å². The molecule has 7 heteroatoms. The summed E-state index contributed by atoms with van der Waals surface area (Å²) in [4.78, 5) is 16.1. The van der Waals surface area contributed by atoms with Gasteiger partial charge in [0.15, 0.2) is 17.5 Å². The van der Waals surface area contributed by atoms with E-state index in [9.17, 15) is 18.0 Å². The summed E-state index contributed by atoms with van der Waals surface area (Å²) in [6, 6.07) is 11.8. The van der Waals surface area contributed by atoms with Gasteiger partial charge in [0.2, 0.25) is 5.91 Å². The molecule has 1 aliphatic rings. The van der Waals surface area contributed by atoms with Crippen molar-refractivity contribution in [3.63, 3.8) is 0 Å². The summed E-state index contributed by atoms with van der Waals surface area (Å²) in [7, 11) is 0. The van der Waals surface area contributed by atoms with E-state index in [0.717, 1.165) is 17.8 Å². The van der Waals surface area contributed by atoms with Crippen LogP contribution in [0.1, 0.15) is 0 Å². The van der Waals surface area contributed by atoms with Gasteiger partial charge in [0.05, 0.1) is 12.2 Å². The molecule has 1 aliphatic heterocycles. The van der Waals surface area contributed by atoms with Gasteiger partial charge in [0, 0.05) is 31.9 Å². The lowest BCUT2D eigenvalue weighted by molar-refractivity contribution is -0.129. The molecule has 1 N–H and O–H groups in total. The van der Waals surface area contributed by atoms with Gasteiger partial charge in [0.25, 0.3) is 0 Å². The summed E-state index contributed by atoms with van der Waals surface area (Å²) in [6.45, 7) is 2.34. The standard InChI is InChI=1S/C18H18F3N3O/c19-14-6-7-15(18(21)17(14)20)22-12-16(25)24-10-8-23(9-11-24)13-4-2-1-3-5-13/h1-7,22H,8-12H2. The maximum absolute atomic E-state index is 13.6. The molecule has 2 aromatic carbocycles. The Morgan fingerprint density at radius 1 is 0.920 bits per heavy atom. The summed E-state index contributed by atoms with van der Waals surface area (Å²) in [5.74, 6) is -4.33. The van der Waals surface area contributed by atoms with E-state index in [2.05, 4.69) is 10.2 Å². The molecule has 4 nitrogen and oxygen atoms in total. The molecule has 0 unspecified atom stereocenters. The maximum atomic E-state index is 13.6. The second kappa shape index (κ2) is 7.46. The number of rotatable bonds is 4. The Balaban J connectivity index is 1.53. The van der Waals surface area contributed by atoms with E-state index < -0.39 is 17.5 Å². The van der Waals surface area contributed by atoms with Gasteiger partial charge in [-0.2, -0.15) is 0 Å². The van der Waals surface area contributed by atoms with E-state index in [-0.39, 0.29) is 18.1 Å². The van der Waals surface area contributed by atoms with Crippen molar-refractivity contribution in [1.82, 2.24) is 4.90 Å². The van der Waals surface area contributed by atoms with E-state index in [1.807, 2.05) is 30.3 Å². The van der Waals surface area contributed by atoms with E-state index in [1.54, 1.807) is 4.90 Å². The maximum Gasteiger partial charge on any atom is 0.241 e. The number of benzene rings is 2. The molecule has 25 heavy (non-hydrogen) atoms. The van der Waals surface area contributed by atoms with Crippen LogP contribution in [-0.4, -0.2) is 43.5 Å². The van der Waals surface area contributed by atoms with E-state index in [0.29, 0.717) is 26.2 Å². The van der Waals surface area contributed by atoms with Crippen LogP contribution in [0.25, 0.3) is 0 Å². The number of hydrogen-bond donors (Lipinski definition) is 1. The van der Waals surface area contributed by atoms with Crippen molar-refractivity contribution >= 4 is 17.3 Å². The van der Waals surface area contributed by atoms with Crippen molar-refractivity contribution in [3.05, 3.63) is 59.9 Å². The molecule has 0 bridgehead atoms. The number of nitrogens with one attached hydrogen (secondary N) is 1. The number of hydrogen-bond acceptors (Lipinski definition) is 3. The first kappa shape index (κ1) is 17.1. The third kappa shape index (κ3) is 3.87. The van der Waals surface area contributed by atoms with Gasteiger partial charge >= 0.3 is 0 Å². The van der Waals surface area contributed by atoms with E-state index in [4.69, 9.17) is 0 Å². The average Bonchev–Trinajstić information content (AvgIpc) is 2.66. The summed E-state index contributed by atoms with van der Waals surface area (Å²) in [5.41, 5.74) is 0.881. The first-order chi connectivity index (χ1) is 12.1. The SMILES string of the molecule is O=C(CNc1ccc(F)c(F)c1F)N1CCN(c2ccccc2)CC1. The summed E-state index contributed by atoms with van der Waals surface area (Å²) in [5, 5.41) is 2.53. The fraction of sp³-hybridized carbons (Fsp3) is 0.278. The second-order valence-corrected chi connectivity index (χ2v) is 5.78. The number of piperazine rings is 1. The number of amides is 1. The molecule has 1 heterocycles. The van der Waals surface area contributed by atoms with Crippen LogP contribution < -0.4 is 10.2 Å². The lowest BCUT2D eigenvalue weighted by atomic mass is 10.2. The number of nitrogens with zero attached hydrogens (tertiary/aromatic N) is 2. The van der Waals surface area contributed by atoms with Gasteiger partial charge in [-0.3, -0.25) is 4.79 Å². The smallest absolute Gasteiger partial charge is 0.241 e. The number of halogens is 3. The van der Waals surface area contributed by atoms with Crippen LogP contribution in [0.5, 0.6) is 0 Å². The topological polar surface area (TPSA) is 35.6 Å². The van der Waals surface area contributed by atoms with Gasteiger partial charge < -0.3 is 15.1 Å². The molecule has 2 aromatic rings. The molecular formula is C18H18F3N3O. The molecule has 132 valence electrons. The highest BCUT2D eigenvalue weighted by Gasteiger charge is 2.21. The number of anilines is 2. The van der Waals surface area contributed by atoms with Gasteiger partial charge in [-0.05, 0) is 24.3 Å². The van der Waals surface area contributed by atoms with Crippen molar-refractivity contribution in [3.8, 4) is 0 Å². The molecule has 1 saturated heterocycles. The lowest BCUT2D eigenvalue weighted by Crippen LogP contribution is -2.50. The number of para-hydroxylation sites is 1. The van der Waals surface area contributed by atoms with E-state index >= 15 is 0 Å². The van der Waals surface area contributed by atoms with Crippen molar-refractivity contribution in [2.75, 3.05) is 42.9 Å². The monoisotopic (exact) mass is 349 g/mol. The minimum absolute atomic E-state index is 0.173. The Labute approximate surface area is 143 Å². The highest BCUT2D eigenvalue weighted by Crippen LogP contribution is 2.20. The van der Waals surface area contributed by atoms with Crippen LogP contribution in [0.15, 0.2) is 42.5 Å². The molecule has 0 saturated carbocycles. The Bertz CT molecular complexity index is 747. The largest absolute Gasteiger partial charge is 0.374 e. The number of carbonyl (C=O) groups is 1. The first-order valence-electron chi connectivity index (χ1n) is 8.01. The highest BCUT2D eigenvalue weighted by atomic mass is 19.2. The Hall–Kier alpha value is -2.70. The predicted octanol–water partition coefficient (Wildman–Crippen LogP) is 2.86. The minimum atomic E-state index is -1.55. The van der Waals surface area contributed by atoms with Crippen molar-refractivity contribution < 1.29 is 18.0 Å². The van der Waals surface area contributed by atoms with Crippen LogP contribution in [0.4, 0.5) is 24.5 Å². The first-order valence-corrected chi connectivity index (χ1v) is 8.01. The normalized spacial score (nSPS) is 14.5. The molecule has 0 spiro atoms. The van der Waals surface area contributed by atoms with Crippen LogP contribution in [0, 0.1) is 17.5 Å². The molecule has 1 amide bonds. The van der Waals surface area contributed by atoms with E-state index in [1.165, 1.54) is 0 Å². The van der Waals surface area contributed by atoms with Gasteiger partial charge in [-0.25, -0.2) is 13.2 Å². The van der Waals surface area contributed by atoms with Crippen molar-refractivity contribution in [2.45, 2.75) is 0 Å². The zero-order valence-electron chi connectivity index (χ0n) is 13.5.